The largest absolute Gasteiger partial charge is 0.477 e. The van der Waals surface area contributed by atoms with Crippen molar-refractivity contribution in [3.05, 3.63) is 46.4 Å². The average molecular weight is 494 g/mol. The number of aliphatic carboxylic acids is 1. The fraction of sp³-hybridized carbons (Fsp3) is 0.222. The number of carbonyl (C=O) groups excluding carboxylic acids is 2. The second kappa shape index (κ2) is 6.31. The SMILES string of the molecule is CC(=O)OC(c1ccc2nc3sccn3c2c1)C1(Br)C(=O)N2C(C(=O)O)=CS[C@@H]21. The third kappa shape index (κ3) is 2.50. The normalized spacial score (nSPS) is 24.3. The summed E-state index contributed by atoms with van der Waals surface area (Å²) in [5.74, 6) is -2.17. The summed E-state index contributed by atoms with van der Waals surface area (Å²) < 4.78 is 6.25. The van der Waals surface area contributed by atoms with Crippen LogP contribution in [0.15, 0.2) is 40.9 Å². The summed E-state index contributed by atoms with van der Waals surface area (Å²) in [6.07, 6.45) is 0.965. The predicted molar refractivity (Wildman–Crippen MR) is 111 cm³/mol. The molecule has 8 nitrogen and oxygen atoms in total. The lowest BCUT2D eigenvalue weighted by atomic mass is 9.86. The lowest BCUT2D eigenvalue weighted by Crippen LogP contribution is -2.70. The predicted octanol–water partition coefficient (Wildman–Crippen LogP) is 3.13. The van der Waals surface area contributed by atoms with Gasteiger partial charge in [0.2, 0.25) is 0 Å². The number of esters is 1. The third-order valence-electron chi connectivity index (χ3n) is 4.96. The molecule has 2 aliphatic heterocycles. The number of hydrogen-bond donors (Lipinski definition) is 1. The number of β-lactam (4-membered cyclic amide) rings is 1. The molecule has 5 rings (SSSR count). The van der Waals surface area contributed by atoms with Gasteiger partial charge in [-0.2, -0.15) is 0 Å². The Kier molecular flexibility index (Phi) is 4.06. The molecule has 0 aliphatic carbocycles. The van der Waals surface area contributed by atoms with Crippen LogP contribution in [0.2, 0.25) is 0 Å². The van der Waals surface area contributed by atoms with Crippen molar-refractivity contribution < 1.29 is 24.2 Å². The molecule has 3 atom stereocenters. The Balaban J connectivity index is 1.60. The fourth-order valence-corrected chi connectivity index (χ4v) is 6.72. The molecular formula is C18H12BrN3O5S2. The second-order valence-electron chi connectivity index (χ2n) is 6.64. The highest BCUT2D eigenvalue weighted by Crippen LogP contribution is 2.58. The third-order valence-corrected chi connectivity index (χ3v) is 8.41. The number of fused-ring (bicyclic) bond motifs is 4. The van der Waals surface area contributed by atoms with Gasteiger partial charge in [0.15, 0.2) is 15.4 Å². The average Bonchev–Trinajstić information content (AvgIpc) is 3.37. The van der Waals surface area contributed by atoms with Gasteiger partial charge in [0.05, 0.1) is 11.0 Å². The topological polar surface area (TPSA) is 101 Å². The standard InChI is InChI=1S/C18H12BrN3O5S2/c1-8(23)27-13(18(19)15(26)22-12(14(24)25)7-29-16(18)22)9-2-3-10-11(6-9)21-4-5-28-17(21)20-10/h2-7,13,16H,1H3,(H,24,25)/t13?,16-,18?/m1/s1. The van der Waals surface area contributed by atoms with Crippen LogP contribution in [-0.2, 0) is 19.1 Å². The molecule has 0 spiro atoms. The van der Waals surface area contributed by atoms with Gasteiger partial charge in [0.1, 0.15) is 11.1 Å². The molecule has 2 aliphatic rings. The van der Waals surface area contributed by atoms with E-state index in [-0.39, 0.29) is 5.70 Å². The van der Waals surface area contributed by atoms with Crippen molar-refractivity contribution >= 4 is 72.9 Å². The van der Waals surface area contributed by atoms with Crippen LogP contribution in [0.25, 0.3) is 16.0 Å². The summed E-state index contributed by atoms with van der Waals surface area (Å²) in [7, 11) is 0. The molecule has 2 aromatic heterocycles. The van der Waals surface area contributed by atoms with Gasteiger partial charge < -0.3 is 9.84 Å². The van der Waals surface area contributed by atoms with E-state index in [1.807, 2.05) is 28.1 Å². The molecule has 2 unspecified atom stereocenters. The van der Waals surface area contributed by atoms with Crippen molar-refractivity contribution in [2.24, 2.45) is 0 Å². The summed E-state index contributed by atoms with van der Waals surface area (Å²) in [6, 6.07) is 5.44. The van der Waals surface area contributed by atoms with Gasteiger partial charge in [-0.25, -0.2) is 9.78 Å². The van der Waals surface area contributed by atoms with E-state index in [2.05, 4.69) is 20.9 Å². The molecule has 1 saturated heterocycles. The number of ether oxygens (including phenoxy) is 1. The number of benzene rings is 1. The van der Waals surface area contributed by atoms with Crippen molar-refractivity contribution in [2.75, 3.05) is 0 Å². The van der Waals surface area contributed by atoms with Crippen LogP contribution in [0.5, 0.6) is 0 Å². The number of thiazole rings is 1. The van der Waals surface area contributed by atoms with E-state index in [4.69, 9.17) is 4.74 Å². The Morgan fingerprint density at radius 2 is 2.21 bits per heavy atom. The first-order chi connectivity index (χ1) is 13.8. The summed E-state index contributed by atoms with van der Waals surface area (Å²) in [5, 5.41) is 12.1. The molecule has 148 valence electrons. The maximum Gasteiger partial charge on any atom is 0.353 e. The Morgan fingerprint density at radius 1 is 1.41 bits per heavy atom. The maximum atomic E-state index is 13.0. The lowest BCUT2D eigenvalue weighted by Gasteiger charge is -2.51. The minimum atomic E-state index is -1.27. The molecule has 0 bridgehead atoms. The lowest BCUT2D eigenvalue weighted by molar-refractivity contribution is -0.162. The molecule has 11 heteroatoms. The Labute approximate surface area is 180 Å². The summed E-state index contributed by atoms with van der Waals surface area (Å²) >= 11 is 6.22. The molecule has 1 fully saturated rings. The second-order valence-corrected chi connectivity index (χ2v) is 9.78. The number of carboxylic acids is 1. The minimum absolute atomic E-state index is 0.0760. The highest BCUT2D eigenvalue weighted by Gasteiger charge is 2.68. The maximum absolute atomic E-state index is 13.0. The Bertz CT molecular complexity index is 1250. The first kappa shape index (κ1) is 18.6. The number of carboxylic acid groups (broad SMARTS) is 1. The number of alkyl halides is 1. The molecule has 0 saturated carbocycles. The first-order valence-corrected chi connectivity index (χ1v) is 11.1. The number of halogens is 1. The van der Waals surface area contributed by atoms with Crippen molar-refractivity contribution in [2.45, 2.75) is 22.7 Å². The molecule has 1 amide bonds. The van der Waals surface area contributed by atoms with Gasteiger partial charge in [-0.1, -0.05) is 22.0 Å². The fourth-order valence-electron chi connectivity index (χ4n) is 3.69. The smallest absolute Gasteiger partial charge is 0.353 e. The van der Waals surface area contributed by atoms with Crippen molar-refractivity contribution in [3.8, 4) is 0 Å². The highest BCUT2D eigenvalue weighted by atomic mass is 79.9. The Morgan fingerprint density at radius 3 is 2.93 bits per heavy atom. The molecule has 1 N–H and O–H groups in total. The van der Waals surface area contributed by atoms with Gasteiger partial charge in [0.25, 0.3) is 5.91 Å². The number of rotatable bonds is 4. The van der Waals surface area contributed by atoms with Crippen LogP contribution in [0.4, 0.5) is 0 Å². The van der Waals surface area contributed by atoms with Gasteiger partial charge in [-0.3, -0.25) is 18.9 Å². The van der Waals surface area contributed by atoms with E-state index in [1.165, 1.54) is 40.3 Å². The zero-order valence-corrected chi connectivity index (χ0v) is 18.0. The van der Waals surface area contributed by atoms with Crippen LogP contribution in [-0.4, -0.2) is 46.9 Å². The zero-order valence-electron chi connectivity index (χ0n) is 14.7. The Hall–Kier alpha value is -2.37. The molecule has 29 heavy (non-hydrogen) atoms. The number of aromatic nitrogens is 2. The molecular weight excluding hydrogens is 482 g/mol. The van der Waals surface area contributed by atoms with Crippen LogP contribution < -0.4 is 0 Å². The number of imidazole rings is 1. The van der Waals surface area contributed by atoms with E-state index in [0.29, 0.717) is 5.56 Å². The van der Waals surface area contributed by atoms with Crippen LogP contribution in [0, 0.1) is 0 Å². The molecule has 3 aromatic rings. The van der Waals surface area contributed by atoms with Gasteiger partial charge in [0, 0.05) is 23.9 Å². The first-order valence-electron chi connectivity index (χ1n) is 8.46. The quantitative estimate of drug-likeness (QED) is 0.338. The number of nitrogens with zero attached hydrogens (tertiary/aromatic N) is 3. The molecule has 4 heterocycles. The number of amides is 1. The van der Waals surface area contributed by atoms with E-state index in [1.54, 1.807) is 6.07 Å². The molecule has 0 radical (unpaired) electrons. The minimum Gasteiger partial charge on any atom is -0.477 e. The number of thioether (sulfide) groups is 1. The van der Waals surface area contributed by atoms with Crippen LogP contribution >= 0.6 is 39.0 Å². The summed E-state index contributed by atoms with van der Waals surface area (Å²) in [6.45, 7) is 1.28. The number of carbonyl (C=O) groups is 3. The number of hydrogen-bond acceptors (Lipinski definition) is 7. The zero-order chi connectivity index (χ0) is 20.5. The van der Waals surface area contributed by atoms with Gasteiger partial charge in [-0.15, -0.1) is 23.1 Å². The molecule has 1 aromatic carbocycles. The summed E-state index contributed by atoms with van der Waals surface area (Å²) in [5.41, 5.74) is 2.17. The summed E-state index contributed by atoms with van der Waals surface area (Å²) in [4.78, 5) is 42.9. The van der Waals surface area contributed by atoms with E-state index < -0.39 is 33.6 Å². The van der Waals surface area contributed by atoms with E-state index in [0.717, 1.165) is 16.0 Å². The monoisotopic (exact) mass is 493 g/mol. The van der Waals surface area contributed by atoms with Crippen molar-refractivity contribution in [1.82, 2.24) is 14.3 Å². The van der Waals surface area contributed by atoms with Crippen molar-refractivity contribution in [3.63, 3.8) is 0 Å². The van der Waals surface area contributed by atoms with Crippen LogP contribution in [0.1, 0.15) is 18.6 Å². The highest BCUT2D eigenvalue weighted by molar-refractivity contribution is 9.10. The van der Waals surface area contributed by atoms with Crippen LogP contribution in [0.3, 0.4) is 0 Å². The van der Waals surface area contributed by atoms with Gasteiger partial charge in [-0.05, 0) is 17.7 Å². The van der Waals surface area contributed by atoms with E-state index >= 15 is 0 Å². The van der Waals surface area contributed by atoms with Crippen molar-refractivity contribution in [1.29, 1.82) is 0 Å². The van der Waals surface area contributed by atoms with E-state index in [9.17, 15) is 19.5 Å². The van der Waals surface area contributed by atoms with Gasteiger partial charge >= 0.3 is 11.9 Å².